The second kappa shape index (κ2) is 7.11. The van der Waals surface area contributed by atoms with Crippen molar-refractivity contribution in [2.45, 2.75) is 64.9 Å². The monoisotopic (exact) mass is 252 g/mol. The van der Waals surface area contributed by atoms with Crippen LogP contribution in [0.15, 0.2) is 0 Å². The molecule has 1 atom stereocenters. The molecule has 3 nitrogen and oxygen atoms in total. The number of ether oxygens (including phenoxy) is 1. The topological polar surface area (TPSA) is 45.0 Å². The summed E-state index contributed by atoms with van der Waals surface area (Å²) in [6, 6.07) is 2.28. The number of rotatable bonds is 8. The SMILES string of the molecule is CCC(CC)(CCC#N)CNCC1(C)CCCO1. The fourth-order valence-electron chi connectivity index (χ4n) is 2.83. The molecule has 0 aliphatic carbocycles. The molecule has 0 aromatic heterocycles. The molecule has 3 heteroatoms. The summed E-state index contributed by atoms with van der Waals surface area (Å²) in [5.74, 6) is 0. The van der Waals surface area contributed by atoms with Gasteiger partial charge in [-0.2, -0.15) is 5.26 Å². The van der Waals surface area contributed by atoms with Gasteiger partial charge in [0, 0.05) is 26.1 Å². The lowest BCUT2D eigenvalue weighted by molar-refractivity contribution is 0.0182. The average Bonchev–Trinajstić information content (AvgIpc) is 2.81. The van der Waals surface area contributed by atoms with Gasteiger partial charge in [-0.05, 0) is 44.4 Å². The zero-order chi connectivity index (χ0) is 13.5. The quantitative estimate of drug-likeness (QED) is 0.721. The first-order valence-corrected chi connectivity index (χ1v) is 7.31. The molecular weight excluding hydrogens is 224 g/mol. The van der Waals surface area contributed by atoms with Crippen molar-refractivity contribution in [3.05, 3.63) is 0 Å². The Morgan fingerprint density at radius 2 is 2.11 bits per heavy atom. The Bertz CT molecular complexity index is 273. The molecule has 1 N–H and O–H groups in total. The molecule has 0 radical (unpaired) electrons. The number of nitrogens with zero attached hydrogens (tertiary/aromatic N) is 1. The molecule has 1 aliphatic rings. The van der Waals surface area contributed by atoms with E-state index in [2.05, 4.69) is 32.2 Å². The van der Waals surface area contributed by atoms with Gasteiger partial charge in [-0.25, -0.2) is 0 Å². The highest BCUT2D eigenvalue weighted by Crippen LogP contribution is 2.31. The third-order valence-corrected chi connectivity index (χ3v) is 4.57. The van der Waals surface area contributed by atoms with Gasteiger partial charge in [0.25, 0.3) is 0 Å². The van der Waals surface area contributed by atoms with Crippen LogP contribution in [0, 0.1) is 16.7 Å². The molecule has 0 spiro atoms. The van der Waals surface area contributed by atoms with Crippen molar-refractivity contribution in [3.8, 4) is 6.07 Å². The predicted molar refractivity (Wildman–Crippen MR) is 74.3 cm³/mol. The summed E-state index contributed by atoms with van der Waals surface area (Å²) >= 11 is 0. The van der Waals surface area contributed by atoms with E-state index >= 15 is 0 Å². The molecule has 0 bridgehead atoms. The van der Waals surface area contributed by atoms with Crippen LogP contribution in [-0.4, -0.2) is 25.3 Å². The predicted octanol–water partition coefficient (Wildman–Crippen LogP) is 3.26. The summed E-state index contributed by atoms with van der Waals surface area (Å²) in [5.41, 5.74) is 0.313. The van der Waals surface area contributed by atoms with E-state index in [0.29, 0.717) is 6.42 Å². The van der Waals surface area contributed by atoms with Gasteiger partial charge >= 0.3 is 0 Å². The Kier molecular flexibility index (Phi) is 6.11. The van der Waals surface area contributed by atoms with Crippen molar-refractivity contribution in [3.63, 3.8) is 0 Å². The van der Waals surface area contributed by atoms with Gasteiger partial charge in [0.2, 0.25) is 0 Å². The van der Waals surface area contributed by atoms with E-state index in [4.69, 9.17) is 10.00 Å². The fraction of sp³-hybridized carbons (Fsp3) is 0.933. The van der Waals surface area contributed by atoms with Gasteiger partial charge in [0.15, 0.2) is 0 Å². The minimum atomic E-state index is 0.0302. The molecule has 0 saturated carbocycles. The van der Waals surface area contributed by atoms with Gasteiger partial charge < -0.3 is 10.1 Å². The summed E-state index contributed by atoms with van der Waals surface area (Å²) in [4.78, 5) is 0. The third kappa shape index (κ3) is 4.26. The standard InChI is InChI=1S/C15H28N2O/c1-4-15(5-2,9-6-10-16)13-17-12-14(3)8-7-11-18-14/h17H,4-9,11-13H2,1-3H3. The molecule has 1 unspecified atom stereocenters. The van der Waals surface area contributed by atoms with Crippen LogP contribution in [0.3, 0.4) is 0 Å². The highest BCUT2D eigenvalue weighted by Gasteiger charge is 2.31. The average molecular weight is 252 g/mol. The van der Waals surface area contributed by atoms with E-state index in [1.54, 1.807) is 0 Å². The highest BCUT2D eigenvalue weighted by molar-refractivity contribution is 4.87. The number of hydrogen-bond donors (Lipinski definition) is 1. The van der Waals surface area contributed by atoms with Crippen LogP contribution in [0.1, 0.15) is 59.3 Å². The molecule has 18 heavy (non-hydrogen) atoms. The second-order valence-corrected chi connectivity index (χ2v) is 5.87. The smallest absolute Gasteiger partial charge is 0.0779 e. The highest BCUT2D eigenvalue weighted by atomic mass is 16.5. The van der Waals surface area contributed by atoms with Crippen LogP contribution >= 0.6 is 0 Å². The number of hydrogen-bond acceptors (Lipinski definition) is 3. The molecule has 0 amide bonds. The van der Waals surface area contributed by atoms with E-state index in [9.17, 15) is 0 Å². The van der Waals surface area contributed by atoms with Crippen molar-refractivity contribution >= 4 is 0 Å². The Morgan fingerprint density at radius 3 is 2.61 bits per heavy atom. The molecule has 0 aromatic rings. The maximum atomic E-state index is 8.77. The van der Waals surface area contributed by atoms with Crippen LogP contribution in [0.5, 0.6) is 0 Å². The zero-order valence-electron chi connectivity index (χ0n) is 12.2. The van der Waals surface area contributed by atoms with Crippen LogP contribution in [0.4, 0.5) is 0 Å². The Hall–Kier alpha value is -0.590. The Balaban J connectivity index is 2.39. The molecule has 0 aromatic carbocycles. The molecule has 104 valence electrons. The maximum absolute atomic E-state index is 8.77. The second-order valence-electron chi connectivity index (χ2n) is 5.87. The Labute approximate surface area is 112 Å². The van der Waals surface area contributed by atoms with Crippen LogP contribution < -0.4 is 5.32 Å². The first-order valence-electron chi connectivity index (χ1n) is 7.31. The third-order valence-electron chi connectivity index (χ3n) is 4.57. The fourth-order valence-corrected chi connectivity index (χ4v) is 2.83. The minimum absolute atomic E-state index is 0.0302. The van der Waals surface area contributed by atoms with Crippen molar-refractivity contribution in [1.29, 1.82) is 5.26 Å². The van der Waals surface area contributed by atoms with Gasteiger partial charge in [-0.3, -0.25) is 0 Å². The molecule has 1 saturated heterocycles. The number of nitrogens with one attached hydrogen (secondary N) is 1. The van der Waals surface area contributed by atoms with Gasteiger partial charge in [-0.1, -0.05) is 13.8 Å². The summed E-state index contributed by atoms with van der Waals surface area (Å²) in [5, 5.41) is 12.4. The van der Waals surface area contributed by atoms with Crippen molar-refractivity contribution in [1.82, 2.24) is 5.32 Å². The van der Waals surface area contributed by atoms with Crippen molar-refractivity contribution in [2.24, 2.45) is 5.41 Å². The molecule has 1 rings (SSSR count). The summed E-state index contributed by atoms with van der Waals surface area (Å²) < 4.78 is 5.79. The molecular formula is C15H28N2O. The van der Waals surface area contributed by atoms with E-state index < -0.39 is 0 Å². The first kappa shape index (κ1) is 15.5. The van der Waals surface area contributed by atoms with Crippen molar-refractivity contribution in [2.75, 3.05) is 19.7 Å². The van der Waals surface area contributed by atoms with Crippen molar-refractivity contribution < 1.29 is 4.74 Å². The van der Waals surface area contributed by atoms with E-state index in [-0.39, 0.29) is 11.0 Å². The zero-order valence-corrected chi connectivity index (χ0v) is 12.2. The van der Waals surface area contributed by atoms with E-state index in [1.165, 1.54) is 6.42 Å². The molecule has 1 fully saturated rings. The molecule has 1 heterocycles. The summed E-state index contributed by atoms with van der Waals surface area (Å²) in [7, 11) is 0. The molecule has 1 aliphatic heterocycles. The lowest BCUT2D eigenvalue weighted by atomic mass is 9.78. The maximum Gasteiger partial charge on any atom is 0.0779 e. The van der Waals surface area contributed by atoms with Gasteiger partial charge in [0.1, 0.15) is 0 Å². The van der Waals surface area contributed by atoms with Crippen LogP contribution in [0.25, 0.3) is 0 Å². The lowest BCUT2D eigenvalue weighted by Crippen LogP contribution is -2.42. The van der Waals surface area contributed by atoms with E-state index in [1.807, 2.05) is 0 Å². The van der Waals surface area contributed by atoms with Crippen LogP contribution in [-0.2, 0) is 4.74 Å². The van der Waals surface area contributed by atoms with Gasteiger partial charge in [-0.15, -0.1) is 0 Å². The minimum Gasteiger partial charge on any atom is -0.374 e. The van der Waals surface area contributed by atoms with Crippen LogP contribution in [0.2, 0.25) is 0 Å². The summed E-state index contributed by atoms with van der Waals surface area (Å²) in [6.07, 6.45) is 6.27. The largest absolute Gasteiger partial charge is 0.374 e. The Morgan fingerprint density at radius 1 is 1.39 bits per heavy atom. The number of nitriles is 1. The lowest BCUT2D eigenvalue weighted by Gasteiger charge is -2.33. The first-order chi connectivity index (χ1) is 8.60. The van der Waals surface area contributed by atoms with E-state index in [0.717, 1.165) is 45.4 Å². The summed E-state index contributed by atoms with van der Waals surface area (Å²) in [6.45, 7) is 9.50. The van der Waals surface area contributed by atoms with Gasteiger partial charge in [0.05, 0.1) is 11.7 Å². The normalized spacial score (nSPS) is 24.1.